The van der Waals surface area contributed by atoms with Gasteiger partial charge in [0.15, 0.2) is 9.90 Å². The highest BCUT2D eigenvalue weighted by Crippen LogP contribution is 2.25. The van der Waals surface area contributed by atoms with Crippen LogP contribution in [0.2, 0.25) is 0 Å². The molecule has 0 spiro atoms. The minimum absolute atomic E-state index is 0.0944. The first-order valence-corrected chi connectivity index (χ1v) is 9.01. The maximum atomic E-state index is 12.3. The van der Waals surface area contributed by atoms with Crippen molar-refractivity contribution in [2.24, 2.45) is 5.92 Å². The molecule has 2 unspecified atom stereocenters. The van der Waals surface area contributed by atoms with Gasteiger partial charge in [-0.25, -0.2) is 22.9 Å². The Morgan fingerprint density at radius 1 is 1.52 bits per heavy atom. The molecule has 21 heavy (non-hydrogen) atoms. The van der Waals surface area contributed by atoms with Crippen LogP contribution in [0.3, 0.4) is 0 Å². The number of aliphatic hydroxyl groups excluding tert-OH is 1. The van der Waals surface area contributed by atoms with Crippen LogP contribution in [0.4, 0.5) is 0 Å². The van der Waals surface area contributed by atoms with Gasteiger partial charge in [0.05, 0.1) is 18.7 Å². The summed E-state index contributed by atoms with van der Waals surface area (Å²) in [6.45, 7) is 0.155. The van der Waals surface area contributed by atoms with E-state index < -0.39 is 22.1 Å². The Labute approximate surface area is 127 Å². The molecule has 0 radical (unpaired) electrons. The maximum Gasteiger partial charge on any atom is 0.358 e. The molecule has 1 aromatic rings. The molecule has 2 N–H and O–H groups in total. The van der Waals surface area contributed by atoms with Gasteiger partial charge in [0.25, 0.3) is 10.0 Å². The average Bonchev–Trinajstić information content (AvgIpc) is 2.96. The van der Waals surface area contributed by atoms with Crippen LogP contribution in [0, 0.1) is 5.92 Å². The number of thiazole rings is 1. The molecule has 0 aliphatic heterocycles. The van der Waals surface area contributed by atoms with Gasteiger partial charge in [0.2, 0.25) is 0 Å². The summed E-state index contributed by atoms with van der Waals surface area (Å²) in [6.07, 6.45) is 2.95. The van der Waals surface area contributed by atoms with Gasteiger partial charge in [0, 0.05) is 6.54 Å². The number of rotatable bonds is 5. The van der Waals surface area contributed by atoms with E-state index in [2.05, 4.69) is 14.4 Å². The zero-order valence-electron chi connectivity index (χ0n) is 11.6. The second-order valence-electron chi connectivity index (χ2n) is 4.94. The third kappa shape index (κ3) is 3.79. The van der Waals surface area contributed by atoms with Crippen molar-refractivity contribution in [1.29, 1.82) is 0 Å². The molecule has 9 heteroatoms. The van der Waals surface area contributed by atoms with E-state index in [4.69, 9.17) is 0 Å². The Bertz CT molecular complexity index is 599. The van der Waals surface area contributed by atoms with E-state index in [1.807, 2.05) is 0 Å². The molecule has 7 nitrogen and oxygen atoms in total. The Morgan fingerprint density at radius 2 is 2.24 bits per heavy atom. The Kier molecular flexibility index (Phi) is 5.31. The monoisotopic (exact) mass is 334 g/mol. The van der Waals surface area contributed by atoms with Crippen LogP contribution in [0.15, 0.2) is 9.72 Å². The first-order chi connectivity index (χ1) is 9.95. The molecule has 1 aliphatic carbocycles. The van der Waals surface area contributed by atoms with Gasteiger partial charge in [-0.05, 0) is 18.8 Å². The van der Waals surface area contributed by atoms with Gasteiger partial charge < -0.3 is 9.84 Å². The Morgan fingerprint density at radius 3 is 2.90 bits per heavy atom. The van der Waals surface area contributed by atoms with Crippen molar-refractivity contribution in [3.8, 4) is 0 Å². The summed E-state index contributed by atoms with van der Waals surface area (Å²) in [5.41, 5.74) is 1.08. The summed E-state index contributed by atoms with van der Waals surface area (Å²) in [4.78, 5) is 15.2. The average molecular weight is 334 g/mol. The van der Waals surface area contributed by atoms with Crippen molar-refractivity contribution in [3.63, 3.8) is 0 Å². The van der Waals surface area contributed by atoms with Crippen molar-refractivity contribution in [1.82, 2.24) is 9.71 Å². The van der Waals surface area contributed by atoms with Gasteiger partial charge in [0.1, 0.15) is 0 Å². The fourth-order valence-electron chi connectivity index (χ4n) is 2.37. The van der Waals surface area contributed by atoms with Gasteiger partial charge in [-0.3, -0.25) is 0 Å². The number of carbonyl (C=O) groups excluding carboxylic acids is 1. The van der Waals surface area contributed by atoms with E-state index in [-0.39, 0.29) is 22.4 Å². The summed E-state index contributed by atoms with van der Waals surface area (Å²) in [5.74, 6) is -0.877. The third-order valence-electron chi connectivity index (χ3n) is 3.56. The maximum absolute atomic E-state index is 12.3. The lowest BCUT2D eigenvalue weighted by Crippen LogP contribution is -2.36. The molecule has 0 saturated heterocycles. The molecule has 1 fully saturated rings. The molecule has 118 valence electrons. The molecule has 2 atom stereocenters. The first-order valence-electron chi connectivity index (χ1n) is 6.65. The van der Waals surface area contributed by atoms with Crippen molar-refractivity contribution in [2.75, 3.05) is 13.7 Å². The molecular formula is C12H18N2O5S2. The van der Waals surface area contributed by atoms with Crippen LogP contribution in [0.25, 0.3) is 0 Å². The van der Waals surface area contributed by atoms with Crippen LogP contribution < -0.4 is 4.72 Å². The SMILES string of the molecule is COC(=O)c1ncsc1S(=O)(=O)NCC1CCCCC1O. The smallest absolute Gasteiger partial charge is 0.358 e. The zero-order valence-corrected chi connectivity index (χ0v) is 13.2. The minimum Gasteiger partial charge on any atom is -0.464 e. The van der Waals surface area contributed by atoms with Crippen molar-refractivity contribution < 1.29 is 23.1 Å². The highest BCUT2D eigenvalue weighted by molar-refractivity contribution is 7.91. The van der Waals surface area contributed by atoms with Crippen LogP contribution in [-0.4, -0.2) is 44.2 Å². The van der Waals surface area contributed by atoms with Crippen LogP contribution >= 0.6 is 11.3 Å². The summed E-state index contributed by atoms with van der Waals surface area (Å²) in [6, 6.07) is 0. The lowest BCUT2D eigenvalue weighted by molar-refractivity contribution is 0.0590. The number of aromatic nitrogens is 1. The molecular weight excluding hydrogens is 316 g/mol. The highest BCUT2D eigenvalue weighted by Gasteiger charge is 2.29. The summed E-state index contributed by atoms with van der Waals surface area (Å²) in [7, 11) is -2.66. The largest absolute Gasteiger partial charge is 0.464 e. The lowest BCUT2D eigenvalue weighted by Gasteiger charge is -2.27. The molecule has 0 bridgehead atoms. The molecule has 0 amide bonds. The van der Waals surface area contributed by atoms with Gasteiger partial charge in [-0.1, -0.05) is 12.8 Å². The molecule has 1 aliphatic rings. The molecule has 0 aromatic carbocycles. The number of hydrogen-bond donors (Lipinski definition) is 2. The molecule has 1 heterocycles. The van der Waals surface area contributed by atoms with E-state index in [1.54, 1.807) is 0 Å². The van der Waals surface area contributed by atoms with Gasteiger partial charge in [-0.2, -0.15) is 0 Å². The number of hydrogen-bond acceptors (Lipinski definition) is 7. The number of nitrogens with one attached hydrogen (secondary N) is 1. The zero-order chi connectivity index (χ0) is 15.5. The number of aliphatic hydroxyl groups is 1. The fraction of sp³-hybridized carbons (Fsp3) is 0.667. The number of sulfonamides is 1. The fourth-order valence-corrected chi connectivity index (χ4v) is 4.64. The van der Waals surface area contributed by atoms with E-state index in [0.717, 1.165) is 30.6 Å². The normalized spacial score (nSPS) is 23.0. The third-order valence-corrected chi connectivity index (χ3v) is 6.36. The minimum atomic E-state index is -3.83. The van der Waals surface area contributed by atoms with Gasteiger partial charge in [-0.15, -0.1) is 11.3 Å². The molecule has 1 aromatic heterocycles. The number of ether oxygens (including phenoxy) is 1. The van der Waals surface area contributed by atoms with Crippen molar-refractivity contribution in [2.45, 2.75) is 36.0 Å². The van der Waals surface area contributed by atoms with E-state index >= 15 is 0 Å². The van der Waals surface area contributed by atoms with Crippen LogP contribution in [0.5, 0.6) is 0 Å². The lowest BCUT2D eigenvalue weighted by atomic mass is 9.87. The first kappa shape index (κ1) is 16.3. The summed E-state index contributed by atoms with van der Waals surface area (Å²) in [5, 5.41) is 9.86. The van der Waals surface area contributed by atoms with E-state index in [1.165, 1.54) is 12.6 Å². The Balaban J connectivity index is 2.08. The van der Waals surface area contributed by atoms with Crippen LogP contribution in [-0.2, 0) is 14.8 Å². The number of nitrogens with zero attached hydrogens (tertiary/aromatic N) is 1. The number of carbonyl (C=O) groups is 1. The predicted octanol–water partition coefficient (Wildman–Crippen LogP) is 0.759. The van der Waals surface area contributed by atoms with Crippen LogP contribution in [0.1, 0.15) is 36.2 Å². The highest BCUT2D eigenvalue weighted by atomic mass is 32.2. The van der Waals surface area contributed by atoms with Crippen molar-refractivity contribution >= 4 is 27.3 Å². The predicted molar refractivity (Wildman–Crippen MR) is 76.6 cm³/mol. The quantitative estimate of drug-likeness (QED) is 0.770. The van der Waals surface area contributed by atoms with Crippen molar-refractivity contribution in [3.05, 3.63) is 11.2 Å². The summed E-state index contributed by atoms with van der Waals surface area (Å²) >= 11 is 0.863. The number of methoxy groups -OCH3 is 1. The second-order valence-corrected chi connectivity index (χ2v) is 7.76. The van der Waals surface area contributed by atoms with E-state index in [0.29, 0.717) is 6.42 Å². The van der Waals surface area contributed by atoms with E-state index in [9.17, 15) is 18.3 Å². The Hall–Kier alpha value is -1.03. The van der Waals surface area contributed by atoms with Gasteiger partial charge >= 0.3 is 5.97 Å². The standard InChI is InChI=1S/C12H18N2O5S2/c1-19-11(16)10-12(20-7-13-10)21(17,18)14-6-8-4-2-3-5-9(8)15/h7-9,14-15H,2-6H2,1H3. The number of esters is 1. The summed E-state index contributed by atoms with van der Waals surface area (Å²) < 4.78 is 31.3. The topological polar surface area (TPSA) is 106 Å². The molecule has 1 saturated carbocycles. The molecule has 2 rings (SSSR count). The second kappa shape index (κ2) is 6.82.